The van der Waals surface area contributed by atoms with Crippen molar-refractivity contribution < 1.29 is 0 Å². The van der Waals surface area contributed by atoms with Gasteiger partial charge in [0.2, 0.25) is 0 Å². The summed E-state index contributed by atoms with van der Waals surface area (Å²) in [7, 11) is 0. The summed E-state index contributed by atoms with van der Waals surface area (Å²) >= 11 is 0. The van der Waals surface area contributed by atoms with Crippen LogP contribution in [0.4, 0.5) is 0 Å². The molecule has 0 saturated heterocycles. The molecule has 0 aliphatic carbocycles. The van der Waals surface area contributed by atoms with E-state index in [1.54, 1.807) is 0 Å². The second-order valence-corrected chi connectivity index (χ2v) is 4.48. The minimum Gasteiger partial charge on any atom is -0.307 e. The molecule has 0 heterocycles. The van der Waals surface area contributed by atoms with Gasteiger partial charge in [-0.1, -0.05) is 30.7 Å². The number of hydrogen-bond donors (Lipinski definition) is 1. The third-order valence-corrected chi connectivity index (χ3v) is 2.90. The second kappa shape index (κ2) is 5.86. The Hall–Kier alpha value is -1.08. The molecule has 1 unspecified atom stereocenters. The molecule has 0 spiro atoms. The van der Waals surface area contributed by atoms with Crippen LogP contribution in [0.2, 0.25) is 0 Å². The zero-order valence-electron chi connectivity index (χ0n) is 10.9. The summed E-state index contributed by atoms with van der Waals surface area (Å²) in [5.74, 6) is 0. The van der Waals surface area contributed by atoms with Crippen LogP contribution in [0.1, 0.15) is 41.6 Å². The van der Waals surface area contributed by atoms with Gasteiger partial charge in [-0.25, -0.2) is 0 Å². The van der Waals surface area contributed by atoms with Gasteiger partial charge >= 0.3 is 0 Å². The fraction of sp³-hybridized carbons (Fsp3) is 0.467. The second-order valence-electron chi connectivity index (χ2n) is 4.48. The molecule has 1 rings (SSSR count). The highest BCUT2D eigenvalue weighted by Gasteiger charge is 2.12. The number of hydrogen-bond acceptors (Lipinski definition) is 1. The van der Waals surface area contributed by atoms with Gasteiger partial charge in [0.05, 0.1) is 6.04 Å². The molecule has 88 valence electrons. The van der Waals surface area contributed by atoms with E-state index in [2.05, 4.69) is 51.7 Å². The van der Waals surface area contributed by atoms with E-state index in [4.69, 9.17) is 0 Å². The standard InChI is InChI=1S/C15H23N/c1-6-8-16-14(7-2)15-12(4)9-11(3)10-13(15)5/h7,9-10,14,16H,2,6,8H2,1,3-5H3. The third-order valence-electron chi connectivity index (χ3n) is 2.90. The third kappa shape index (κ3) is 2.96. The molecule has 0 aliphatic heterocycles. The molecule has 1 aromatic carbocycles. The van der Waals surface area contributed by atoms with Gasteiger partial charge < -0.3 is 5.32 Å². The average molecular weight is 217 g/mol. The van der Waals surface area contributed by atoms with Crippen molar-refractivity contribution in [1.82, 2.24) is 5.32 Å². The van der Waals surface area contributed by atoms with Crippen molar-refractivity contribution in [2.24, 2.45) is 0 Å². The number of aryl methyl sites for hydroxylation is 3. The fourth-order valence-corrected chi connectivity index (χ4v) is 2.28. The Kier molecular flexibility index (Phi) is 4.75. The molecule has 16 heavy (non-hydrogen) atoms. The Balaban J connectivity index is 3.04. The van der Waals surface area contributed by atoms with Crippen LogP contribution >= 0.6 is 0 Å². The van der Waals surface area contributed by atoms with Gasteiger partial charge in [0, 0.05) is 0 Å². The Morgan fingerprint density at radius 3 is 2.25 bits per heavy atom. The van der Waals surface area contributed by atoms with Gasteiger partial charge in [-0.3, -0.25) is 0 Å². The van der Waals surface area contributed by atoms with Crippen molar-refractivity contribution in [2.45, 2.75) is 40.2 Å². The summed E-state index contributed by atoms with van der Waals surface area (Å²) in [5, 5.41) is 3.52. The highest BCUT2D eigenvalue weighted by molar-refractivity contribution is 5.41. The molecular formula is C15H23N. The van der Waals surface area contributed by atoms with Crippen molar-refractivity contribution >= 4 is 0 Å². The molecule has 0 bridgehead atoms. The van der Waals surface area contributed by atoms with Gasteiger partial charge in [-0.2, -0.15) is 0 Å². The van der Waals surface area contributed by atoms with E-state index in [-0.39, 0.29) is 6.04 Å². The first kappa shape index (κ1) is 13.0. The lowest BCUT2D eigenvalue weighted by Gasteiger charge is -2.20. The van der Waals surface area contributed by atoms with E-state index in [0.717, 1.165) is 13.0 Å². The highest BCUT2D eigenvalue weighted by Crippen LogP contribution is 2.24. The largest absolute Gasteiger partial charge is 0.307 e. The predicted octanol–water partition coefficient (Wildman–Crippen LogP) is 3.84. The Morgan fingerprint density at radius 1 is 1.25 bits per heavy atom. The van der Waals surface area contributed by atoms with E-state index >= 15 is 0 Å². The quantitative estimate of drug-likeness (QED) is 0.739. The predicted molar refractivity (Wildman–Crippen MR) is 71.9 cm³/mol. The Labute approximate surface area is 99.6 Å². The summed E-state index contributed by atoms with van der Waals surface area (Å²) in [6.07, 6.45) is 3.15. The van der Waals surface area contributed by atoms with E-state index in [9.17, 15) is 0 Å². The van der Waals surface area contributed by atoms with E-state index in [0.29, 0.717) is 0 Å². The lowest BCUT2D eigenvalue weighted by Crippen LogP contribution is -2.21. The van der Waals surface area contributed by atoms with Gasteiger partial charge in [-0.15, -0.1) is 6.58 Å². The van der Waals surface area contributed by atoms with Crippen molar-refractivity contribution in [3.63, 3.8) is 0 Å². The lowest BCUT2D eigenvalue weighted by atomic mass is 9.94. The van der Waals surface area contributed by atoms with Crippen molar-refractivity contribution in [2.75, 3.05) is 6.54 Å². The van der Waals surface area contributed by atoms with Crippen LogP contribution in [0.25, 0.3) is 0 Å². The molecule has 1 aromatic rings. The van der Waals surface area contributed by atoms with Crippen molar-refractivity contribution in [1.29, 1.82) is 0 Å². The van der Waals surface area contributed by atoms with Crippen molar-refractivity contribution in [3.8, 4) is 0 Å². The van der Waals surface area contributed by atoms with E-state index < -0.39 is 0 Å². The van der Waals surface area contributed by atoms with Crippen LogP contribution in [-0.2, 0) is 0 Å². The molecule has 0 aromatic heterocycles. The fourth-order valence-electron chi connectivity index (χ4n) is 2.28. The summed E-state index contributed by atoms with van der Waals surface area (Å²) in [4.78, 5) is 0. The minimum absolute atomic E-state index is 0.278. The molecule has 0 amide bonds. The Bertz CT molecular complexity index is 343. The van der Waals surface area contributed by atoms with Gasteiger partial charge in [0.25, 0.3) is 0 Å². The maximum absolute atomic E-state index is 3.93. The van der Waals surface area contributed by atoms with Gasteiger partial charge in [-0.05, 0) is 50.4 Å². The van der Waals surface area contributed by atoms with Crippen LogP contribution in [0, 0.1) is 20.8 Å². The summed E-state index contributed by atoms with van der Waals surface area (Å²) in [6, 6.07) is 4.76. The first-order valence-corrected chi connectivity index (χ1v) is 6.03. The summed E-state index contributed by atoms with van der Waals surface area (Å²) in [6.45, 7) is 13.7. The number of benzene rings is 1. The van der Waals surface area contributed by atoms with Gasteiger partial charge in [0.15, 0.2) is 0 Å². The molecular weight excluding hydrogens is 194 g/mol. The first-order valence-electron chi connectivity index (χ1n) is 6.03. The lowest BCUT2D eigenvalue weighted by molar-refractivity contribution is 0.609. The van der Waals surface area contributed by atoms with E-state index in [1.165, 1.54) is 22.3 Å². The number of rotatable bonds is 5. The maximum Gasteiger partial charge on any atom is 0.0508 e. The topological polar surface area (TPSA) is 12.0 Å². The summed E-state index contributed by atoms with van der Waals surface area (Å²) < 4.78 is 0. The van der Waals surface area contributed by atoms with E-state index in [1.807, 2.05) is 6.08 Å². The SMILES string of the molecule is C=CC(NCCC)c1c(C)cc(C)cc1C. The molecule has 0 aliphatic rings. The first-order chi connectivity index (χ1) is 7.60. The zero-order chi connectivity index (χ0) is 12.1. The molecule has 0 saturated carbocycles. The van der Waals surface area contributed by atoms with Gasteiger partial charge in [0.1, 0.15) is 0 Å². The van der Waals surface area contributed by atoms with Crippen LogP contribution in [0.15, 0.2) is 24.8 Å². The molecule has 1 N–H and O–H groups in total. The van der Waals surface area contributed by atoms with Crippen LogP contribution < -0.4 is 5.32 Å². The maximum atomic E-state index is 3.93. The van der Waals surface area contributed by atoms with Crippen LogP contribution in [-0.4, -0.2) is 6.54 Å². The summed E-state index contributed by atoms with van der Waals surface area (Å²) in [5.41, 5.74) is 5.42. The zero-order valence-corrected chi connectivity index (χ0v) is 10.9. The monoisotopic (exact) mass is 217 g/mol. The average Bonchev–Trinajstić information content (AvgIpc) is 2.21. The molecule has 0 radical (unpaired) electrons. The highest BCUT2D eigenvalue weighted by atomic mass is 14.9. The molecule has 1 heteroatoms. The molecule has 1 nitrogen and oxygen atoms in total. The van der Waals surface area contributed by atoms with Crippen molar-refractivity contribution in [3.05, 3.63) is 47.0 Å². The van der Waals surface area contributed by atoms with Crippen LogP contribution in [0.3, 0.4) is 0 Å². The molecule has 0 fully saturated rings. The van der Waals surface area contributed by atoms with Crippen LogP contribution in [0.5, 0.6) is 0 Å². The normalized spacial score (nSPS) is 12.5. The minimum atomic E-state index is 0.278. The number of nitrogens with one attached hydrogen (secondary N) is 1. The Morgan fingerprint density at radius 2 is 1.81 bits per heavy atom. The molecule has 1 atom stereocenters. The smallest absolute Gasteiger partial charge is 0.0508 e.